The quantitative estimate of drug-likeness (QED) is 0.755. The van der Waals surface area contributed by atoms with E-state index in [4.69, 9.17) is 4.74 Å². The van der Waals surface area contributed by atoms with E-state index in [-0.39, 0.29) is 12.2 Å². The summed E-state index contributed by atoms with van der Waals surface area (Å²) < 4.78 is 5.57. The fourth-order valence-corrected chi connectivity index (χ4v) is 1.78. The topological polar surface area (TPSA) is 67.0 Å². The van der Waals surface area contributed by atoms with Crippen molar-refractivity contribution in [2.75, 3.05) is 6.54 Å². The average Bonchev–Trinajstić information content (AvgIpc) is 2.46. The van der Waals surface area contributed by atoms with Crippen molar-refractivity contribution in [3.05, 3.63) is 58.3 Å². The molecule has 5 heteroatoms. The number of para-hydroxylation sites is 1. The van der Waals surface area contributed by atoms with Gasteiger partial charge in [0.2, 0.25) is 0 Å². The number of nitrogens with one attached hydrogen (secondary N) is 2. The molecule has 5 nitrogen and oxygen atoms in total. The molecular formula is C15H19N3O2. The smallest absolute Gasteiger partial charge is 0.251 e. The third-order valence-corrected chi connectivity index (χ3v) is 2.70. The summed E-state index contributed by atoms with van der Waals surface area (Å²) >= 11 is 0. The van der Waals surface area contributed by atoms with Crippen molar-refractivity contribution in [1.82, 2.24) is 15.3 Å². The molecule has 1 heterocycles. The Balaban J connectivity index is 1.98. The molecule has 0 atom stereocenters. The second-order valence-corrected chi connectivity index (χ2v) is 4.46. The van der Waals surface area contributed by atoms with Crippen molar-refractivity contribution in [1.29, 1.82) is 0 Å². The first-order chi connectivity index (χ1) is 9.78. The Morgan fingerprint density at radius 2 is 2.10 bits per heavy atom. The van der Waals surface area contributed by atoms with Gasteiger partial charge in [0.15, 0.2) is 0 Å². The van der Waals surface area contributed by atoms with Gasteiger partial charge < -0.3 is 15.0 Å². The SMILES string of the molecule is CCCNCc1cc(=O)[nH]c(COc2ccccc2)n1. The van der Waals surface area contributed by atoms with E-state index in [0.29, 0.717) is 12.4 Å². The maximum atomic E-state index is 11.6. The lowest BCUT2D eigenvalue weighted by Gasteiger charge is -2.07. The third-order valence-electron chi connectivity index (χ3n) is 2.70. The van der Waals surface area contributed by atoms with Crippen molar-refractivity contribution < 1.29 is 4.74 Å². The Morgan fingerprint density at radius 1 is 1.30 bits per heavy atom. The van der Waals surface area contributed by atoms with Gasteiger partial charge in [-0.2, -0.15) is 0 Å². The van der Waals surface area contributed by atoms with Gasteiger partial charge in [-0.25, -0.2) is 4.98 Å². The number of hydrogen-bond acceptors (Lipinski definition) is 4. The minimum absolute atomic E-state index is 0.153. The molecule has 0 radical (unpaired) electrons. The van der Waals surface area contributed by atoms with E-state index < -0.39 is 0 Å². The lowest BCUT2D eigenvalue weighted by atomic mass is 10.3. The van der Waals surface area contributed by atoms with Gasteiger partial charge in [0.1, 0.15) is 18.2 Å². The fraction of sp³-hybridized carbons (Fsp3) is 0.333. The highest BCUT2D eigenvalue weighted by atomic mass is 16.5. The standard InChI is InChI=1S/C15H19N3O2/c1-2-8-16-10-12-9-15(19)18-14(17-12)11-20-13-6-4-3-5-7-13/h3-7,9,16H,2,8,10-11H2,1H3,(H,17,18,19). The Morgan fingerprint density at radius 3 is 2.85 bits per heavy atom. The van der Waals surface area contributed by atoms with Crippen molar-refractivity contribution in [2.24, 2.45) is 0 Å². The number of nitrogens with zero attached hydrogens (tertiary/aromatic N) is 1. The second-order valence-electron chi connectivity index (χ2n) is 4.46. The van der Waals surface area contributed by atoms with Crippen molar-refractivity contribution in [2.45, 2.75) is 26.5 Å². The zero-order valence-electron chi connectivity index (χ0n) is 11.6. The summed E-state index contributed by atoms with van der Waals surface area (Å²) in [5.74, 6) is 1.29. The van der Waals surface area contributed by atoms with Gasteiger partial charge in [-0.15, -0.1) is 0 Å². The van der Waals surface area contributed by atoms with Gasteiger partial charge in [-0.3, -0.25) is 4.79 Å². The van der Waals surface area contributed by atoms with E-state index in [0.717, 1.165) is 24.4 Å². The normalized spacial score (nSPS) is 10.4. The number of ether oxygens (including phenoxy) is 1. The van der Waals surface area contributed by atoms with E-state index in [2.05, 4.69) is 22.2 Å². The summed E-state index contributed by atoms with van der Waals surface area (Å²) in [6.07, 6.45) is 1.05. The van der Waals surface area contributed by atoms with Crippen LogP contribution >= 0.6 is 0 Å². The predicted molar refractivity (Wildman–Crippen MR) is 77.6 cm³/mol. The highest BCUT2D eigenvalue weighted by Crippen LogP contribution is 2.09. The van der Waals surface area contributed by atoms with Crippen LogP contribution < -0.4 is 15.6 Å². The highest BCUT2D eigenvalue weighted by molar-refractivity contribution is 5.21. The molecule has 1 aromatic heterocycles. The zero-order valence-corrected chi connectivity index (χ0v) is 11.6. The maximum absolute atomic E-state index is 11.6. The molecule has 0 aliphatic heterocycles. The first-order valence-corrected chi connectivity index (χ1v) is 6.75. The minimum atomic E-state index is -0.153. The number of aromatic nitrogens is 2. The molecule has 0 bridgehead atoms. The Labute approximate surface area is 118 Å². The molecular weight excluding hydrogens is 254 g/mol. The molecule has 0 unspecified atom stereocenters. The zero-order chi connectivity index (χ0) is 14.2. The van der Waals surface area contributed by atoms with Crippen molar-refractivity contribution >= 4 is 0 Å². The van der Waals surface area contributed by atoms with Crippen LogP contribution in [0.25, 0.3) is 0 Å². The van der Waals surface area contributed by atoms with Crippen molar-refractivity contribution in [3.8, 4) is 5.75 Å². The number of H-pyrrole nitrogens is 1. The number of benzene rings is 1. The van der Waals surface area contributed by atoms with Crippen LogP contribution in [0, 0.1) is 0 Å². The van der Waals surface area contributed by atoms with Gasteiger partial charge >= 0.3 is 0 Å². The second kappa shape index (κ2) is 7.45. The summed E-state index contributed by atoms with van der Waals surface area (Å²) in [7, 11) is 0. The summed E-state index contributed by atoms with van der Waals surface area (Å²) in [5.41, 5.74) is 0.578. The summed E-state index contributed by atoms with van der Waals surface area (Å²) in [5, 5.41) is 3.22. The minimum Gasteiger partial charge on any atom is -0.486 e. The highest BCUT2D eigenvalue weighted by Gasteiger charge is 2.02. The predicted octanol–water partition coefficient (Wildman–Crippen LogP) is 1.85. The maximum Gasteiger partial charge on any atom is 0.251 e. The van der Waals surface area contributed by atoms with E-state index in [9.17, 15) is 4.79 Å². The molecule has 0 saturated heterocycles. The largest absolute Gasteiger partial charge is 0.486 e. The van der Waals surface area contributed by atoms with Crippen LogP contribution in [0.15, 0.2) is 41.2 Å². The Hall–Kier alpha value is -2.14. The summed E-state index contributed by atoms with van der Waals surface area (Å²) in [6, 6.07) is 11.0. The third kappa shape index (κ3) is 4.51. The van der Waals surface area contributed by atoms with E-state index in [1.54, 1.807) is 0 Å². The molecule has 106 valence electrons. The molecule has 1 aromatic carbocycles. The number of hydrogen-bond donors (Lipinski definition) is 2. The van der Waals surface area contributed by atoms with Gasteiger partial charge in [0.25, 0.3) is 5.56 Å². The molecule has 2 rings (SSSR count). The van der Waals surface area contributed by atoms with E-state index in [1.165, 1.54) is 6.07 Å². The lowest BCUT2D eigenvalue weighted by molar-refractivity contribution is 0.295. The number of aromatic amines is 1. The molecule has 0 aliphatic carbocycles. The molecule has 2 aromatic rings. The first-order valence-electron chi connectivity index (χ1n) is 6.75. The summed E-state index contributed by atoms with van der Waals surface area (Å²) in [4.78, 5) is 18.6. The molecule has 0 spiro atoms. The monoisotopic (exact) mass is 273 g/mol. The van der Waals surface area contributed by atoms with Gasteiger partial charge in [-0.1, -0.05) is 25.1 Å². The fourth-order valence-electron chi connectivity index (χ4n) is 1.78. The molecule has 0 saturated carbocycles. The summed E-state index contributed by atoms with van der Waals surface area (Å²) in [6.45, 7) is 3.85. The molecule has 0 amide bonds. The van der Waals surface area contributed by atoms with E-state index >= 15 is 0 Å². The number of rotatable bonds is 7. The van der Waals surface area contributed by atoms with Gasteiger partial charge in [0.05, 0.1) is 5.69 Å². The molecule has 2 N–H and O–H groups in total. The van der Waals surface area contributed by atoms with E-state index in [1.807, 2.05) is 30.3 Å². The van der Waals surface area contributed by atoms with Crippen LogP contribution in [0.2, 0.25) is 0 Å². The molecule has 0 fully saturated rings. The van der Waals surface area contributed by atoms with Gasteiger partial charge in [-0.05, 0) is 25.1 Å². The lowest BCUT2D eigenvalue weighted by Crippen LogP contribution is -2.20. The first kappa shape index (κ1) is 14.3. The van der Waals surface area contributed by atoms with Crippen LogP contribution in [0.4, 0.5) is 0 Å². The average molecular weight is 273 g/mol. The van der Waals surface area contributed by atoms with Crippen LogP contribution in [0.5, 0.6) is 5.75 Å². The van der Waals surface area contributed by atoms with Crippen LogP contribution in [-0.2, 0) is 13.2 Å². The van der Waals surface area contributed by atoms with Crippen LogP contribution in [0.1, 0.15) is 24.9 Å². The Kier molecular flexibility index (Phi) is 5.32. The van der Waals surface area contributed by atoms with Gasteiger partial charge in [0, 0.05) is 12.6 Å². The van der Waals surface area contributed by atoms with Crippen LogP contribution in [-0.4, -0.2) is 16.5 Å². The van der Waals surface area contributed by atoms with Crippen LogP contribution in [0.3, 0.4) is 0 Å². The molecule has 0 aliphatic rings. The van der Waals surface area contributed by atoms with Crippen molar-refractivity contribution in [3.63, 3.8) is 0 Å². The molecule has 20 heavy (non-hydrogen) atoms. The Bertz CT molecular complexity index is 581.